The van der Waals surface area contributed by atoms with E-state index in [1.165, 1.54) is 11.1 Å². The molecule has 25 heavy (non-hydrogen) atoms. The molecule has 0 N–H and O–H groups in total. The van der Waals surface area contributed by atoms with E-state index in [1.807, 2.05) is 36.1 Å². The van der Waals surface area contributed by atoms with Crippen LogP contribution < -0.4 is 0 Å². The molecule has 0 aliphatic carbocycles. The summed E-state index contributed by atoms with van der Waals surface area (Å²) in [5.74, 6) is 0.297. The van der Waals surface area contributed by atoms with E-state index in [0.717, 1.165) is 25.9 Å². The average molecular weight is 338 g/mol. The van der Waals surface area contributed by atoms with Crippen LogP contribution in [0.4, 0.5) is 0 Å². The van der Waals surface area contributed by atoms with Crippen molar-refractivity contribution in [3.05, 3.63) is 53.9 Å². The van der Waals surface area contributed by atoms with Crippen molar-refractivity contribution in [2.75, 3.05) is 6.54 Å². The number of likely N-dealkylation sites (tertiary alicyclic amines) is 2. The van der Waals surface area contributed by atoms with Gasteiger partial charge in [-0.15, -0.1) is 0 Å². The van der Waals surface area contributed by atoms with Gasteiger partial charge in [0.2, 0.25) is 5.91 Å². The smallest absolute Gasteiger partial charge is 0.223 e. The Balaban J connectivity index is 1.55. The zero-order valence-electron chi connectivity index (χ0n) is 15.1. The first-order valence-corrected chi connectivity index (χ1v) is 9.12. The van der Waals surface area contributed by atoms with Gasteiger partial charge in [-0.2, -0.15) is 5.10 Å². The van der Waals surface area contributed by atoms with E-state index in [4.69, 9.17) is 0 Å². The summed E-state index contributed by atoms with van der Waals surface area (Å²) in [6.07, 6.45) is 6.69. The van der Waals surface area contributed by atoms with Crippen LogP contribution in [0.15, 0.2) is 42.7 Å². The van der Waals surface area contributed by atoms with Crippen LogP contribution in [-0.2, 0) is 24.9 Å². The lowest BCUT2D eigenvalue weighted by Crippen LogP contribution is -2.59. The highest BCUT2D eigenvalue weighted by atomic mass is 16.2. The summed E-state index contributed by atoms with van der Waals surface area (Å²) in [4.78, 5) is 17.4. The molecule has 5 nitrogen and oxygen atoms in total. The fourth-order valence-electron chi connectivity index (χ4n) is 4.59. The Labute approximate surface area is 149 Å². The van der Waals surface area contributed by atoms with Gasteiger partial charge in [-0.05, 0) is 25.3 Å². The minimum atomic E-state index is -0.0760. The molecule has 1 aromatic heterocycles. The molecule has 2 aliphatic heterocycles. The van der Waals surface area contributed by atoms with Crippen molar-refractivity contribution in [3.63, 3.8) is 0 Å². The van der Waals surface area contributed by atoms with E-state index >= 15 is 0 Å². The highest BCUT2D eigenvalue weighted by Gasteiger charge is 2.51. The quantitative estimate of drug-likeness (QED) is 0.860. The number of nitrogens with zero attached hydrogens (tertiary/aromatic N) is 4. The van der Waals surface area contributed by atoms with Crippen LogP contribution in [0.5, 0.6) is 0 Å². The predicted molar refractivity (Wildman–Crippen MR) is 96.7 cm³/mol. The third-order valence-corrected chi connectivity index (χ3v) is 5.94. The number of carbonyl (C=O) groups is 1. The molecule has 2 aromatic rings. The van der Waals surface area contributed by atoms with Crippen molar-refractivity contribution in [1.29, 1.82) is 0 Å². The predicted octanol–water partition coefficient (Wildman–Crippen LogP) is 2.58. The van der Waals surface area contributed by atoms with Gasteiger partial charge >= 0.3 is 0 Å². The van der Waals surface area contributed by atoms with Crippen LogP contribution in [-0.4, -0.2) is 43.6 Å². The second-order valence-electron chi connectivity index (χ2n) is 7.62. The highest BCUT2D eigenvalue weighted by Crippen LogP contribution is 2.41. The molecule has 2 saturated heterocycles. The lowest BCUT2D eigenvalue weighted by molar-refractivity contribution is -0.144. The van der Waals surface area contributed by atoms with Crippen molar-refractivity contribution in [2.45, 2.75) is 50.9 Å². The number of aryl methyl sites for hydroxylation is 1. The summed E-state index contributed by atoms with van der Waals surface area (Å²) < 4.78 is 1.86. The van der Waals surface area contributed by atoms with Crippen LogP contribution in [0.2, 0.25) is 0 Å². The van der Waals surface area contributed by atoms with E-state index in [9.17, 15) is 4.79 Å². The molecule has 3 heterocycles. The first-order chi connectivity index (χ1) is 12.1. The van der Waals surface area contributed by atoms with Crippen molar-refractivity contribution < 1.29 is 4.79 Å². The third kappa shape index (κ3) is 2.97. The van der Waals surface area contributed by atoms with Gasteiger partial charge in [0.1, 0.15) is 0 Å². The second kappa shape index (κ2) is 6.30. The Hall–Kier alpha value is -2.14. The maximum absolute atomic E-state index is 12.7. The molecule has 0 bridgehead atoms. The lowest BCUT2D eigenvalue weighted by Gasteiger charge is -2.48. The lowest BCUT2D eigenvalue weighted by atomic mass is 9.83. The Morgan fingerprint density at radius 1 is 1.20 bits per heavy atom. The van der Waals surface area contributed by atoms with Gasteiger partial charge in [-0.25, -0.2) is 0 Å². The van der Waals surface area contributed by atoms with Crippen molar-refractivity contribution in [1.82, 2.24) is 19.6 Å². The Morgan fingerprint density at radius 2 is 2.00 bits per heavy atom. The molecule has 5 heteroatoms. The molecular formula is C20H26N4O. The maximum atomic E-state index is 12.7. The van der Waals surface area contributed by atoms with Crippen LogP contribution in [0.3, 0.4) is 0 Å². The highest BCUT2D eigenvalue weighted by molar-refractivity contribution is 5.78. The first-order valence-electron chi connectivity index (χ1n) is 9.12. The molecule has 0 radical (unpaired) electrons. The van der Waals surface area contributed by atoms with Gasteiger partial charge in [0.25, 0.3) is 0 Å². The summed E-state index contributed by atoms with van der Waals surface area (Å²) in [6, 6.07) is 10.8. The molecule has 2 fully saturated rings. The van der Waals surface area contributed by atoms with E-state index < -0.39 is 0 Å². The van der Waals surface area contributed by atoms with E-state index in [1.54, 1.807) is 0 Å². The number of hydrogen-bond acceptors (Lipinski definition) is 3. The van der Waals surface area contributed by atoms with Crippen LogP contribution in [0, 0.1) is 0 Å². The number of piperidine rings is 1. The second-order valence-corrected chi connectivity index (χ2v) is 7.62. The third-order valence-electron chi connectivity index (χ3n) is 5.94. The Bertz CT molecular complexity index is 756. The fraction of sp³-hybridized carbons (Fsp3) is 0.500. The van der Waals surface area contributed by atoms with Crippen LogP contribution in [0.25, 0.3) is 0 Å². The normalized spacial score (nSPS) is 26.9. The minimum absolute atomic E-state index is 0.0760. The largest absolute Gasteiger partial charge is 0.331 e. The van der Waals surface area contributed by atoms with Crippen LogP contribution in [0.1, 0.15) is 37.3 Å². The molecule has 2 aliphatic rings. The zero-order chi connectivity index (χ0) is 17.4. The van der Waals surface area contributed by atoms with Gasteiger partial charge < -0.3 is 4.90 Å². The zero-order valence-corrected chi connectivity index (χ0v) is 15.1. The Kier molecular flexibility index (Phi) is 4.12. The minimum Gasteiger partial charge on any atom is -0.331 e. The summed E-state index contributed by atoms with van der Waals surface area (Å²) in [7, 11) is 1.96. The number of amides is 1. The molecule has 0 spiro atoms. The summed E-state index contributed by atoms with van der Waals surface area (Å²) in [5, 5.41) is 4.29. The van der Waals surface area contributed by atoms with E-state index in [2.05, 4.69) is 40.2 Å². The maximum Gasteiger partial charge on any atom is 0.223 e. The molecule has 1 amide bonds. The Morgan fingerprint density at radius 3 is 2.72 bits per heavy atom. The SMILES string of the molecule is Cn1cc(CN2CC[C@@]3(C)[C@@H]2CCC(=O)N3Cc2ccccc2)cn1. The number of rotatable bonds is 4. The van der Waals surface area contributed by atoms with Crippen LogP contribution >= 0.6 is 0 Å². The van der Waals surface area contributed by atoms with Gasteiger partial charge in [0.15, 0.2) is 0 Å². The van der Waals surface area contributed by atoms with Gasteiger partial charge in [0, 0.05) is 50.9 Å². The van der Waals surface area contributed by atoms with E-state index in [0.29, 0.717) is 24.9 Å². The summed E-state index contributed by atoms with van der Waals surface area (Å²) in [5.41, 5.74) is 2.38. The summed E-state index contributed by atoms with van der Waals surface area (Å²) >= 11 is 0. The first kappa shape index (κ1) is 16.3. The van der Waals surface area contributed by atoms with E-state index in [-0.39, 0.29) is 5.54 Å². The standard InChI is InChI=1S/C20H26N4O/c1-20-10-11-23(14-17-12-21-22(2)13-17)18(20)8-9-19(25)24(20)15-16-6-4-3-5-7-16/h3-7,12-13,18H,8-11,14-15H2,1-2H3/t18-,20-/m0/s1. The molecule has 132 valence electrons. The van der Waals surface area contributed by atoms with Gasteiger partial charge in [0.05, 0.1) is 11.7 Å². The number of fused-ring (bicyclic) bond motifs is 1. The topological polar surface area (TPSA) is 41.4 Å². The molecule has 2 atom stereocenters. The molecular weight excluding hydrogens is 312 g/mol. The van der Waals surface area contributed by atoms with Gasteiger partial charge in [-0.3, -0.25) is 14.4 Å². The van der Waals surface area contributed by atoms with Crippen molar-refractivity contribution >= 4 is 5.91 Å². The monoisotopic (exact) mass is 338 g/mol. The summed E-state index contributed by atoms with van der Waals surface area (Å²) in [6.45, 7) is 4.95. The van der Waals surface area contributed by atoms with Gasteiger partial charge in [-0.1, -0.05) is 30.3 Å². The average Bonchev–Trinajstić information content (AvgIpc) is 3.16. The molecule has 0 saturated carbocycles. The molecule has 1 aromatic carbocycles. The number of aromatic nitrogens is 2. The molecule has 4 rings (SSSR count). The number of carbonyl (C=O) groups excluding carboxylic acids is 1. The van der Waals surface area contributed by atoms with Crippen molar-refractivity contribution in [3.8, 4) is 0 Å². The fourth-order valence-corrected chi connectivity index (χ4v) is 4.59. The number of hydrogen-bond donors (Lipinski definition) is 0. The molecule has 0 unspecified atom stereocenters. The van der Waals surface area contributed by atoms with Crippen molar-refractivity contribution in [2.24, 2.45) is 7.05 Å². The number of benzene rings is 1.